The zero-order valence-corrected chi connectivity index (χ0v) is 9.91. The van der Waals surface area contributed by atoms with Gasteiger partial charge < -0.3 is 5.32 Å². The van der Waals surface area contributed by atoms with Gasteiger partial charge in [-0.3, -0.25) is 0 Å². The SMILES string of the molecule is CCC1(CC)CC1CNC(C)(C)C. The summed E-state index contributed by atoms with van der Waals surface area (Å²) < 4.78 is 0. The number of hydrogen-bond donors (Lipinski definition) is 1. The second-order valence-corrected chi connectivity index (χ2v) is 5.60. The van der Waals surface area contributed by atoms with E-state index < -0.39 is 0 Å². The molecule has 1 rings (SSSR count). The molecule has 1 nitrogen and oxygen atoms in total. The van der Waals surface area contributed by atoms with Crippen molar-refractivity contribution in [2.24, 2.45) is 11.3 Å². The molecule has 1 N–H and O–H groups in total. The van der Waals surface area contributed by atoms with E-state index in [0.717, 1.165) is 5.92 Å². The van der Waals surface area contributed by atoms with E-state index in [9.17, 15) is 0 Å². The summed E-state index contributed by atoms with van der Waals surface area (Å²) in [6, 6.07) is 0. The molecule has 1 saturated carbocycles. The molecular weight excluding hydrogens is 158 g/mol. The van der Waals surface area contributed by atoms with E-state index in [4.69, 9.17) is 0 Å². The third kappa shape index (κ3) is 2.70. The van der Waals surface area contributed by atoms with Crippen molar-refractivity contribution in [3.63, 3.8) is 0 Å². The maximum atomic E-state index is 3.61. The highest BCUT2D eigenvalue weighted by Gasteiger charge is 2.50. The van der Waals surface area contributed by atoms with Crippen LogP contribution in [0.1, 0.15) is 53.9 Å². The lowest BCUT2D eigenvalue weighted by Crippen LogP contribution is -2.37. The molecule has 1 fully saturated rings. The Labute approximate surface area is 83.3 Å². The molecule has 0 aromatic carbocycles. The number of rotatable bonds is 4. The van der Waals surface area contributed by atoms with E-state index in [1.54, 1.807) is 0 Å². The molecule has 1 heteroatoms. The molecule has 0 heterocycles. The Kier molecular flexibility index (Phi) is 3.06. The number of hydrogen-bond acceptors (Lipinski definition) is 1. The van der Waals surface area contributed by atoms with Crippen molar-refractivity contribution in [1.29, 1.82) is 0 Å². The standard InChI is InChI=1S/C12H25N/c1-6-12(7-2)8-10(12)9-13-11(3,4)5/h10,13H,6-9H2,1-5H3. The quantitative estimate of drug-likeness (QED) is 0.706. The molecule has 0 aromatic heterocycles. The fourth-order valence-corrected chi connectivity index (χ4v) is 2.27. The summed E-state index contributed by atoms with van der Waals surface area (Å²) in [4.78, 5) is 0. The van der Waals surface area contributed by atoms with Gasteiger partial charge in [0, 0.05) is 5.54 Å². The lowest BCUT2D eigenvalue weighted by Gasteiger charge is -2.22. The minimum Gasteiger partial charge on any atom is -0.312 e. The van der Waals surface area contributed by atoms with Gasteiger partial charge in [0.2, 0.25) is 0 Å². The molecule has 0 aromatic rings. The molecular formula is C12H25N. The van der Waals surface area contributed by atoms with Gasteiger partial charge in [-0.2, -0.15) is 0 Å². The highest BCUT2D eigenvalue weighted by Crippen LogP contribution is 2.57. The van der Waals surface area contributed by atoms with Crippen molar-refractivity contribution < 1.29 is 0 Å². The Hall–Kier alpha value is -0.0400. The Morgan fingerprint density at radius 2 is 1.77 bits per heavy atom. The first-order valence-corrected chi connectivity index (χ1v) is 5.68. The monoisotopic (exact) mass is 183 g/mol. The van der Waals surface area contributed by atoms with Crippen molar-refractivity contribution in [3.05, 3.63) is 0 Å². The topological polar surface area (TPSA) is 12.0 Å². The lowest BCUT2D eigenvalue weighted by molar-refractivity contribution is 0.364. The van der Waals surface area contributed by atoms with Crippen molar-refractivity contribution in [2.75, 3.05) is 6.54 Å². The molecule has 0 spiro atoms. The summed E-state index contributed by atoms with van der Waals surface area (Å²) >= 11 is 0. The molecule has 1 aliphatic carbocycles. The largest absolute Gasteiger partial charge is 0.312 e. The minimum absolute atomic E-state index is 0.288. The van der Waals surface area contributed by atoms with Crippen LogP contribution in [0.2, 0.25) is 0 Å². The molecule has 0 bridgehead atoms. The predicted octanol–water partition coefficient (Wildman–Crippen LogP) is 3.20. The smallest absolute Gasteiger partial charge is 0.00966 e. The first-order chi connectivity index (χ1) is 5.93. The summed E-state index contributed by atoms with van der Waals surface area (Å²) in [6.45, 7) is 12.6. The zero-order valence-electron chi connectivity index (χ0n) is 9.91. The van der Waals surface area contributed by atoms with E-state index >= 15 is 0 Å². The highest BCUT2D eigenvalue weighted by molar-refractivity contribution is 5.01. The third-order valence-corrected chi connectivity index (χ3v) is 3.65. The maximum absolute atomic E-state index is 3.61. The summed E-state index contributed by atoms with van der Waals surface area (Å²) in [5, 5.41) is 3.61. The first-order valence-electron chi connectivity index (χ1n) is 5.68. The fourth-order valence-electron chi connectivity index (χ4n) is 2.27. The summed E-state index contributed by atoms with van der Waals surface area (Å²) in [6.07, 6.45) is 4.17. The summed E-state index contributed by atoms with van der Waals surface area (Å²) in [7, 11) is 0. The molecule has 0 amide bonds. The zero-order chi connectivity index (χ0) is 10.1. The van der Waals surface area contributed by atoms with Gasteiger partial charge in [0.25, 0.3) is 0 Å². The van der Waals surface area contributed by atoms with E-state index in [-0.39, 0.29) is 5.54 Å². The van der Waals surface area contributed by atoms with Gasteiger partial charge >= 0.3 is 0 Å². The molecule has 1 atom stereocenters. The van der Waals surface area contributed by atoms with E-state index in [2.05, 4.69) is 39.9 Å². The van der Waals surface area contributed by atoms with Gasteiger partial charge in [0.15, 0.2) is 0 Å². The van der Waals surface area contributed by atoms with Crippen LogP contribution in [0.25, 0.3) is 0 Å². The summed E-state index contributed by atoms with van der Waals surface area (Å²) in [5.74, 6) is 0.946. The van der Waals surface area contributed by atoms with Crippen molar-refractivity contribution in [1.82, 2.24) is 5.32 Å². The highest BCUT2D eigenvalue weighted by atomic mass is 15.0. The van der Waals surface area contributed by atoms with Crippen LogP contribution in [0.3, 0.4) is 0 Å². The maximum Gasteiger partial charge on any atom is 0.00966 e. The molecule has 0 aliphatic heterocycles. The predicted molar refractivity (Wildman–Crippen MR) is 58.9 cm³/mol. The fraction of sp³-hybridized carbons (Fsp3) is 1.00. The third-order valence-electron chi connectivity index (χ3n) is 3.65. The molecule has 1 unspecified atom stereocenters. The van der Waals surface area contributed by atoms with E-state index in [1.165, 1.54) is 25.8 Å². The van der Waals surface area contributed by atoms with Gasteiger partial charge in [-0.15, -0.1) is 0 Å². The van der Waals surface area contributed by atoms with Gasteiger partial charge in [-0.25, -0.2) is 0 Å². The van der Waals surface area contributed by atoms with Crippen LogP contribution in [-0.4, -0.2) is 12.1 Å². The number of nitrogens with one attached hydrogen (secondary N) is 1. The van der Waals surface area contributed by atoms with Crippen LogP contribution < -0.4 is 5.32 Å². The Bertz CT molecular complexity index is 162. The lowest BCUT2D eigenvalue weighted by atomic mass is 9.96. The second kappa shape index (κ2) is 3.61. The van der Waals surface area contributed by atoms with Crippen LogP contribution >= 0.6 is 0 Å². The second-order valence-electron chi connectivity index (χ2n) is 5.60. The molecule has 78 valence electrons. The Morgan fingerprint density at radius 3 is 2.08 bits per heavy atom. The van der Waals surface area contributed by atoms with Gasteiger partial charge in [0.05, 0.1) is 0 Å². The first kappa shape index (κ1) is 11.0. The van der Waals surface area contributed by atoms with Crippen LogP contribution in [-0.2, 0) is 0 Å². The van der Waals surface area contributed by atoms with Crippen LogP contribution in [0.15, 0.2) is 0 Å². The van der Waals surface area contributed by atoms with E-state index in [0.29, 0.717) is 5.41 Å². The minimum atomic E-state index is 0.288. The molecule has 0 saturated heterocycles. The van der Waals surface area contributed by atoms with Gasteiger partial charge in [0.1, 0.15) is 0 Å². The van der Waals surface area contributed by atoms with Crippen molar-refractivity contribution >= 4 is 0 Å². The average Bonchev–Trinajstić information content (AvgIpc) is 2.74. The van der Waals surface area contributed by atoms with Crippen LogP contribution in [0, 0.1) is 11.3 Å². The van der Waals surface area contributed by atoms with Crippen LogP contribution in [0.4, 0.5) is 0 Å². The Morgan fingerprint density at radius 1 is 1.23 bits per heavy atom. The normalized spacial score (nSPS) is 26.1. The summed E-state index contributed by atoms with van der Waals surface area (Å²) in [5.41, 5.74) is 0.994. The van der Waals surface area contributed by atoms with Crippen molar-refractivity contribution in [3.8, 4) is 0 Å². The average molecular weight is 183 g/mol. The van der Waals surface area contributed by atoms with Gasteiger partial charge in [-0.05, 0) is 45.1 Å². The van der Waals surface area contributed by atoms with Crippen LogP contribution in [0.5, 0.6) is 0 Å². The van der Waals surface area contributed by atoms with Gasteiger partial charge in [-0.1, -0.05) is 26.7 Å². The molecule has 13 heavy (non-hydrogen) atoms. The van der Waals surface area contributed by atoms with Crippen molar-refractivity contribution in [2.45, 2.75) is 59.4 Å². The van der Waals surface area contributed by atoms with E-state index in [1.807, 2.05) is 0 Å². The Balaban J connectivity index is 2.27. The molecule has 0 radical (unpaired) electrons. The molecule has 1 aliphatic rings.